The number of nitrogens with zero attached hydrogens (tertiary/aromatic N) is 2. The molecule has 110 valence electrons. The molecule has 1 aliphatic rings. The number of amides is 2. The number of carbonyl (C=O) groups is 2. The first kappa shape index (κ1) is 15.7. The van der Waals surface area contributed by atoms with Crippen molar-refractivity contribution in [3.8, 4) is 0 Å². The van der Waals surface area contributed by atoms with Gasteiger partial charge in [0.05, 0.1) is 12.0 Å². The van der Waals surface area contributed by atoms with Crippen LogP contribution in [-0.4, -0.2) is 77.4 Å². The molecule has 2 amide bonds. The lowest BCUT2D eigenvalue weighted by atomic mass is 10.0. The maximum absolute atomic E-state index is 11.9. The van der Waals surface area contributed by atoms with E-state index in [1.54, 1.807) is 4.90 Å². The summed E-state index contributed by atoms with van der Waals surface area (Å²) in [7, 11) is 2.01. The lowest BCUT2D eigenvalue weighted by Gasteiger charge is -2.25. The van der Waals surface area contributed by atoms with Gasteiger partial charge in [-0.3, -0.25) is 4.79 Å². The van der Waals surface area contributed by atoms with E-state index in [2.05, 4.69) is 10.2 Å². The van der Waals surface area contributed by atoms with E-state index in [-0.39, 0.29) is 12.6 Å². The lowest BCUT2D eigenvalue weighted by Crippen LogP contribution is -2.48. The van der Waals surface area contributed by atoms with Gasteiger partial charge in [-0.15, -0.1) is 0 Å². The largest absolute Gasteiger partial charge is 0.481 e. The van der Waals surface area contributed by atoms with Crippen molar-refractivity contribution in [2.24, 2.45) is 0 Å². The van der Waals surface area contributed by atoms with Gasteiger partial charge in [-0.1, -0.05) is 0 Å². The lowest BCUT2D eigenvalue weighted by molar-refractivity contribution is -0.141. The zero-order valence-electron chi connectivity index (χ0n) is 11.6. The Morgan fingerprint density at radius 1 is 1.26 bits per heavy atom. The van der Waals surface area contributed by atoms with Crippen LogP contribution in [0.4, 0.5) is 4.79 Å². The quantitative estimate of drug-likeness (QED) is 0.645. The molecule has 0 aromatic heterocycles. The monoisotopic (exact) mass is 273 g/mol. The second-order valence-electron chi connectivity index (χ2n) is 5.37. The Morgan fingerprint density at radius 3 is 2.58 bits per heavy atom. The van der Waals surface area contributed by atoms with Crippen molar-refractivity contribution < 1.29 is 19.8 Å². The Kier molecular flexibility index (Phi) is 5.56. The van der Waals surface area contributed by atoms with Crippen molar-refractivity contribution in [3.63, 3.8) is 0 Å². The molecule has 7 nitrogen and oxygen atoms in total. The number of hydrogen-bond acceptors (Lipinski definition) is 4. The zero-order chi connectivity index (χ0) is 14.5. The first-order valence-electron chi connectivity index (χ1n) is 6.46. The highest BCUT2D eigenvalue weighted by Gasteiger charge is 2.26. The van der Waals surface area contributed by atoms with Crippen LogP contribution in [0.25, 0.3) is 0 Å². The summed E-state index contributed by atoms with van der Waals surface area (Å²) >= 11 is 0. The zero-order valence-corrected chi connectivity index (χ0v) is 11.6. The standard InChI is InChI=1S/C12H23N3O4/c1-12(19,8-10(16)17)9-13-11(18)15-5-3-4-14(2)6-7-15/h19H,3-9H2,1-2H3,(H,13,18)(H,16,17). The van der Waals surface area contributed by atoms with Gasteiger partial charge in [0.2, 0.25) is 0 Å². The average molecular weight is 273 g/mol. The molecule has 3 N–H and O–H groups in total. The number of hydrogen-bond donors (Lipinski definition) is 3. The number of nitrogens with one attached hydrogen (secondary N) is 1. The number of likely N-dealkylation sites (N-methyl/N-ethyl adjacent to an activating group) is 1. The van der Waals surface area contributed by atoms with Gasteiger partial charge in [0.15, 0.2) is 0 Å². The van der Waals surface area contributed by atoms with Crippen LogP contribution in [0.2, 0.25) is 0 Å². The van der Waals surface area contributed by atoms with E-state index < -0.39 is 18.0 Å². The van der Waals surface area contributed by atoms with Gasteiger partial charge in [0.25, 0.3) is 0 Å². The molecule has 0 aromatic carbocycles. The van der Waals surface area contributed by atoms with E-state index in [0.717, 1.165) is 19.5 Å². The molecular formula is C12H23N3O4. The van der Waals surface area contributed by atoms with Crippen molar-refractivity contribution in [2.75, 3.05) is 39.8 Å². The van der Waals surface area contributed by atoms with E-state index in [9.17, 15) is 14.7 Å². The highest BCUT2D eigenvalue weighted by molar-refractivity contribution is 5.74. The summed E-state index contributed by atoms with van der Waals surface area (Å²) in [6.07, 6.45) is 0.519. The molecular weight excluding hydrogens is 250 g/mol. The van der Waals surface area contributed by atoms with Crippen LogP contribution in [0, 0.1) is 0 Å². The summed E-state index contributed by atoms with van der Waals surface area (Å²) < 4.78 is 0. The minimum Gasteiger partial charge on any atom is -0.481 e. The summed E-state index contributed by atoms with van der Waals surface area (Å²) in [6, 6.07) is -0.249. The van der Waals surface area contributed by atoms with Crippen LogP contribution < -0.4 is 5.32 Å². The molecule has 0 spiro atoms. The Hall–Kier alpha value is -1.34. The maximum atomic E-state index is 11.9. The first-order chi connectivity index (χ1) is 8.80. The molecule has 19 heavy (non-hydrogen) atoms. The second-order valence-corrected chi connectivity index (χ2v) is 5.37. The van der Waals surface area contributed by atoms with Crippen LogP contribution in [0.1, 0.15) is 19.8 Å². The molecule has 0 radical (unpaired) electrons. The number of urea groups is 1. The van der Waals surface area contributed by atoms with Crippen LogP contribution in [-0.2, 0) is 4.79 Å². The fourth-order valence-electron chi connectivity index (χ4n) is 2.02. The van der Waals surface area contributed by atoms with Crippen molar-refractivity contribution >= 4 is 12.0 Å². The van der Waals surface area contributed by atoms with Gasteiger partial charge in [-0.05, 0) is 26.9 Å². The second kappa shape index (κ2) is 6.72. The summed E-state index contributed by atoms with van der Waals surface area (Å²) in [5.41, 5.74) is -1.43. The molecule has 1 saturated heterocycles. The van der Waals surface area contributed by atoms with E-state index >= 15 is 0 Å². The molecule has 7 heteroatoms. The Bertz CT molecular complexity index is 333. The topological polar surface area (TPSA) is 93.1 Å². The molecule has 1 fully saturated rings. The molecule has 0 aromatic rings. The number of carboxylic acids is 1. The van der Waals surface area contributed by atoms with Crippen molar-refractivity contribution in [2.45, 2.75) is 25.4 Å². The summed E-state index contributed by atoms with van der Waals surface area (Å²) in [6.45, 7) is 4.43. The highest BCUT2D eigenvalue weighted by atomic mass is 16.4. The fraction of sp³-hybridized carbons (Fsp3) is 0.833. The first-order valence-corrected chi connectivity index (χ1v) is 6.46. The summed E-state index contributed by atoms with van der Waals surface area (Å²) in [5, 5.41) is 21.0. The SMILES string of the molecule is CN1CCCN(C(=O)NCC(C)(O)CC(=O)O)CC1. The number of carbonyl (C=O) groups excluding carboxylic acids is 1. The normalized spacial score (nSPS) is 20.5. The minimum absolute atomic E-state index is 0.0650. The minimum atomic E-state index is -1.43. The van der Waals surface area contributed by atoms with Gasteiger partial charge in [0, 0.05) is 26.2 Å². The third kappa shape index (κ3) is 5.89. The molecule has 1 aliphatic heterocycles. The molecule has 0 bridgehead atoms. The van der Waals surface area contributed by atoms with Crippen molar-refractivity contribution in [3.05, 3.63) is 0 Å². The predicted octanol–water partition coefficient (Wildman–Crippen LogP) is -0.441. The Morgan fingerprint density at radius 2 is 1.95 bits per heavy atom. The van der Waals surface area contributed by atoms with Crippen LogP contribution in [0.3, 0.4) is 0 Å². The number of aliphatic hydroxyl groups is 1. The van der Waals surface area contributed by atoms with Crippen LogP contribution in [0.15, 0.2) is 0 Å². The maximum Gasteiger partial charge on any atom is 0.317 e. The van der Waals surface area contributed by atoms with Crippen LogP contribution >= 0.6 is 0 Å². The number of carboxylic acid groups (broad SMARTS) is 1. The summed E-state index contributed by atoms with van der Waals surface area (Å²) in [5.74, 6) is -1.09. The Labute approximate surface area is 113 Å². The van der Waals surface area contributed by atoms with E-state index in [0.29, 0.717) is 13.1 Å². The van der Waals surface area contributed by atoms with Gasteiger partial charge < -0.3 is 25.3 Å². The number of aliphatic carboxylic acids is 1. The molecule has 0 saturated carbocycles. The molecule has 0 aliphatic carbocycles. The van der Waals surface area contributed by atoms with Crippen molar-refractivity contribution in [1.29, 1.82) is 0 Å². The fourth-order valence-corrected chi connectivity index (χ4v) is 2.02. The van der Waals surface area contributed by atoms with E-state index in [4.69, 9.17) is 5.11 Å². The van der Waals surface area contributed by atoms with E-state index in [1.165, 1.54) is 6.92 Å². The summed E-state index contributed by atoms with van der Waals surface area (Å²) in [4.78, 5) is 26.3. The number of rotatable bonds is 4. The third-order valence-corrected chi connectivity index (χ3v) is 3.16. The van der Waals surface area contributed by atoms with Crippen molar-refractivity contribution in [1.82, 2.24) is 15.1 Å². The molecule has 1 unspecified atom stereocenters. The predicted molar refractivity (Wildman–Crippen MR) is 70.0 cm³/mol. The van der Waals surface area contributed by atoms with Gasteiger partial charge in [-0.25, -0.2) is 4.79 Å². The third-order valence-electron chi connectivity index (χ3n) is 3.16. The molecule has 1 atom stereocenters. The van der Waals surface area contributed by atoms with Crippen LogP contribution in [0.5, 0.6) is 0 Å². The smallest absolute Gasteiger partial charge is 0.317 e. The highest BCUT2D eigenvalue weighted by Crippen LogP contribution is 2.08. The average Bonchev–Trinajstić information content (AvgIpc) is 2.49. The molecule has 1 heterocycles. The van der Waals surface area contributed by atoms with E-state index in [1.807, 2.05) is 7.05 Å². The molecule has 1 rings (SSSR count). The Balaban J connectivity index is 2.40. The van der Waals surface area contributed by atoms with Gasteiger partial charge >= 0.3 is 12.0 Å². The van der Waals surface area contributed by atoms with Gasteiger partial charge in [0.1, 0.15) is 0 Å². The van der Waals surface area contributed by atoms with Gasteiger partial charge in [-0.2, -0.15) is 0 Å².